The van der Waals surface area contributed by atoms with Crippen molar-refractivity contribution in [2.24, 2.45) is 16.5 Å². The van der Waals surface area contributed by atoms with Crippen molar-refractivity contribution in [2.45, 2.75) is 6.42 Å². The van der Waals surface area contributed by atoms with Gasteiger partial charge < -0.3 is 16.2 Å². The number of hydrogen-bond donors (Lipinski definition) is 2. The molecule has 1 heterocycles. The van der Waals surface area contributed by atoms with Crippen molar-refractivity contribution in [3.8, 4) is 0 Å². The van der Waals surface area contributed by atoms with Crippen LogP contribution in [0.1, 0.15) is 5.56 Å². The Balaban J connectivity index is 1.91. The standard InChI is InChI=1S/C14H16N4O2/c15-14(16)17-5-6-20-13(19)8-10-7-11-3-1-2-4-12(11)18-9-10/h1-4,7,9H,5-6,8H2,(H4,15,16,17). The molecule has 0 amide bonds. The van der Waals surface area contributed by atoms with Gasteiger partial charge in [-0.2, -0.15) is 0 Å². The minimum Gasteiger partial charge on any atom is -0.463 e. The van der Waals surface area contributed by atoms with Crippen molar-refractivity contribution < 1.29 is 9.53 Å². The quantitative estimate of drug-likeness (QED) is 0.359. The summed E-state index contributed by atoms with van der Waals surface area (Å²) >= 11 is 0. The third kappa shape index (κ3) is 3.94. The highest BCUT2D eigenvalue weighted by molar-refractivity contribution is 5.80. The maximum atomic E-state index is 11.6. The fourth-order valence-corrected chi connectivity index (χ4v) is 1.77. The summed E-state index contributed by atoms with van der Waals surface area (Å²) in [7, 11) is 0. The van der Waals surface area contributed by atoms with Gasteiger partial charge in [0.1, 0.15) is 6.61 Å². The Hall–Kier alpha value is -2.63. The Morgan fingerprint density at radius 2 is 2.10 bits per heavy atom. The molecule has 0 bridgehead atoms. The van der Waals surface area contributed by atoms with Crippen LogP contribution in [0, 0.1) is 0 Å². The van der Waals surface area contributed by atoms with Crippen LogP contribution in [-0.4, -0.2) is 30.1 Å². The molecule has 0 unspecified atom stereocenters. The zero-order valence-electron chi connectivity index (χ0n) is 11.0. The zero-order chi connectivity index (χ0) is 14.4. The topological polar surface area (TPSA) is 104 Å². The highest BCUT2D eigenvalue weighted by Gasteiger charge is 2.06. The molecular weight excluding hydrogens is 256 g/mol. The Morgan fingerprint density at radius 1 is 1.30 bits per heavy atom. The lowest BCUT2D eigenvalue weighted by atomic mass is 10.1. The fourth-order valence-electron chi connectivity index (χ4n) is 1.77. The van der Waals surface area contributed by atoms with E-state index in [1.807, 2.05) is 30.3 Å². The van der Waals surface area contributed by atoms with Crippen molar-refractivity contribution in [3.63, 3.8) is 0 Å². The molecule has 1 aromatic carbocycles. The third-order valence-corrected chi connectivity index (χ3v) is 2.64. The molecular formula is C14H16N4O2. The maximum absolute atomic E-state index is 11.6. The minimum atomic E-state index is -0.326. The van der Waals surface area contributed by atoms with Gasteiger partial charge in [-0.15, -0.1) is 0 Å². The summed E-state index contributed by atoms with van der Waals surface area (Å²) in [5.74, 6) is -0.340. The van der Waals surface area contributed by atoms with Crippen molar-refractivity contribution in [2.75, 3.05) is 13.2 Å². The van der Waals surface area contributed by atoms with Gasteiger partial charge in [0, 0.05) is 11.6 Å². The van der Waals surface area contributed by atoms with Crippen LogP contribution in [0.2, 0.25) is 0 Å². The van der Waals surface area contributed by atoms with Crippen LogP contribution in [-0.2, 0) is 16.0 Å². The monoisotopic (exact) mass is 272 g/mol. The van der Waals surface area contributed by atoms with Gasteiger partial charge in [0.05, 0.1) is 18.5 Å². The fraction of sp³-hybridized carbons (Fsp3) is 0.214. The van der Waals surface area contributed by atoms with Crippen LogP contribution in [0.15, 0.2) is 41.5 Å². The summed E-state index contributed by atoms with van der Waals surface area (Å²) in [6.45, 7) is 0.432. The van der Waals surface area contributed by atoms with E-state index in [9.17, 15) is 4.79 Å². The maximum Gasteiger partial charge on any atom is 0.310 e. The summed E-state index contributed by atoms with van der Waals surface area (Å²) in [6.07, 6.45) is 1.86. The molecule has 0 aliphatic rings. The number of nitrogens with two attached hydrogens (primary N) is 2. The lowest BCUT2D eigenvalue weighted by Gasteiger charge is -2.04. The molecule has 0 spiro atoms. The van der Waals surface area contributed by atoms with E-state index in [1.54, 1.807) is 6.20 Å². The Morgan fingerprint density at radius 3 is 2.90 bits per heavy atom. The molecule has 20 heavy (non-hydrogen) atoms. The first-order chi connectivity index (χ1) is 9.65. The first-order valence-electron chi connectivity index (χ1n) is 6.20. The number of aromatic nitrogens is 1. The highest BCUT2D eigenvalue weighted by atomic mass is 16.5. The number of benzene rings is 1. The minimum absolute atomic E-state index is 0.0141. The van der Waals surface area contributed by atoms with E-state index < -0.39 is 0 Å². The van der Waals surface area contributed by atoms with Gasteiger partial charge in [-0.05, 0) is 17.7 Å². The van der Waals surface area contributed by atoms with Crippen LogP contribution >= 0.6 is 0 Å². The second kappa shape index (κ2) is 6.51. The molecule has 2 aromatic rings. The molecule has 6 heteroatoms. The summed E-state index contributed by atoms with van der Waals surface area (Å²) in [5, 5.41) is 0.998. The van der Waals surface area contributed by atoms with Gasteiger partial charge >= 0.3 is 5.97 Å². The van der Waals surface area contributed by atoms with Gasteiger partial charge in [0.15, 0.2) is 5.96 Å². The number of pyridine rings is 1. The van der Waals surface area contributed by atoms with Gasteiger partial charge in [0.25, 0.3) is 0 Å². The van der Waals surface area contributed by atoms with Crippen LogP contribution < -0.4 is 11.5 Å². The van der Waals surface area contributed by atoms with Crippen molar-refractivity contribution in [1.29, 1.82) is 0 Å². The van der Waals surface area contributed by atoms with E-state index in [0.717, 1.165) is 16.5 Å². The molecule has 0 saturated heterocycles. The predicted octanol–water partition coefficient (Wildman–Crippen LogP) is 0.594. The SMILES string of the molecule is NC(N)=NCCOC(=O)Cc1cnc2ccccc2c1. The molecule has 104 valence electrons. The number of esters is 1. The van der Waals surface area contributed by atoms with E-state index in [2.05, 4.69) is 9.98 Å². The smallest absolute Gasteiger partial charge is 0.310 e. The number of carbonyl (C=O) groups is 1. The van der Waals surface area contributed by atoms with Gasteiger partial charge in [-0.25, -0.2) is 0 Å². The van der Waals surface area contributed by atoms with Crippen LogP contribution in [0.4, 0.5) is 0 Å². The predicted molar refractivity (Wildman–Crippen MR) is 77.1 cm³/mol. The number of guanidine groups is 1. The Bertz CT molecular complexity index is 636. The molecule has 0 fully saturated rings. The van der Waals surface area contributed by atoms with Gasteiger partial charge in [-0.3, -0.25) is 14.8 Å². The number of hydrogen-bond acceptors (Lipinski definition) is 4. The number of carbonyl (C=O) groups excluding carboxylic acids is 1. The largest absolute Gasteiger partial charge is 0.463 e. The molecule has 4 N–H and O–H groups in total. The number of aliphatic imine (C=N–C) groups is 1. The lowest BCUT2D eigenvalue weighted by molar-refractivity contribution is -0.142. The van der Waals surface area contributed by atoms with Crippen LogP contribution in [0.3, 0.4) is 0 Å². The number of nitrogens with zero attached hydrogens (tertiary/aromatic N) is 2. The average molecular weight is 272 g/mol. The molecule has 0 aliphatic carbocycles. The van der Waals surface area contributed by atoms with Crippen molar-refractivity contribution >= 4 is 22.8 Å². The summed E-state index contributed by atoms with van der Waals surface area (Å²) in [6, 6.07) is 9.66. The number of ether oxygens (including phenoxy) is 1. The molecule has 0 radical (unpaired) electrons. The number of rotatable bonds is 5. The second-order valence-corrected chi connectivity index (χ2v) is 4.24. The molecule has 2 rings (SSSR count). The van der Waals surface area contributed by atoms with Gasteiger partial charge in [0.2, 0.25) is 0 Å². The number of fused-ring (bicyclic) bond motifs is 1. The van der Waals surface area contributed by atoms with Gasteiger partial charge in [-0.1, -0.05) is 18.2 Å². The first kappa shape index (κ1) is 13.8. The summed E-state index contributed by atoms with van der Waals surface area (Å²) < 4.78 is 5.02. The normalized spacial score (nSPS) is 10.2. The van der Waals surface area contributed by atoms with E-state index in [0.29, 0.717) is 0 Å². The third-order valence-electron chi connectivity index (χ3n) is 2.64. The lowest BCUT2D eigenvalue weighted by Crippen LogP contribution is -2.23. The van der Waals surface area contributed by atoms with Crippen LogP contribution in [0.5, 0.6) is 0 Å². The average Bonchev–Trinajstić information content (AvgIpc) is 2.43. The van der Waals surface area contributed by atoms with E-state index in [4.69, 9.17) is 16.2 Å². The molecule has 0 aliphatic heterocycles. The molecule has 6 nitrogen and oxygen atoms in total. The Kier molecular flexibility index (Phi) is 4.49. The number of para-hydroxylation sites is 1. The first-order valence-corrected chi connectivity index (χ1v) is 6.20. The van der Waals surface area contributed by atoms with Crippen molar-refractivity contribution in [1.82, 2.24) is 4.98 Å². The summed E-state index contributed by atoms with van der Waals surface area (Å²) in [4.78, 5) is 19.7. The zero-order valence-corrected chi connectivity index (χ0v) is 11.0. The Labute approximate surface area is 116 Å². The molecule has 0 saturated carbocycles. The second-order valence-electron chi connectivity index (χ2n) is 4.24. The van der Waals surface area contributed by atoms with Crippen molar-refractivity contribution in [3.05, 3.63) is 42.1 Å². The van der Waals surface area contributed by atoms with Crippen LogP contribution in [0.25, 0.3) is 10.9 Å². The van der Waals surface area contributed by atoms with E-state index in [1.165, 1.54) is 0 Å². The summed E-state index contributed by atoms with van der Waals surface area (Å²) in [5.41, 5.74) is 12.0. The molecule has 0 atom stereocenters. The highest BCUT2D eigenvalue weighted by Crippen LogP contribution is 2.13. The van der Waals surface area contributed by atoms with E-state index >= 15 is 0 Å². The van der Waals surface area contributed by atoms with E-state index in [-0.39, 0.29) is 31.5 Å². The molecule has 1 aromatic heterocycles.